The lowest BCUT2D eigenvalue weighted by molar-refractivity contribution is 0.0945. The van der Waals surface area contributed by atoms with Gasteiger partial charge in [-0.2, -0.15) is 0 Å². The summed E-state index contributed by atoms with van der Waals surface area (Å²) in [6.07, 6.45) is 0.914. The highest BCUT2D eigenvalue weighted by atomic mass is 16.5. The van der Waals surface area contributed by atoms with Gasteiger partial charge in [-0.1, -0.05) is 30.3 Å². The summed E-state index contributed by atoms with van der Waals surface area (Å²) < 4.78 is 11.2. The maximum absolute atomic E-state index is 12.9. The molecule has 29 heavy (non-hydrogen) atoms. The van der Waals surface area contributed by atoms with Crippen LogP contribution in [-0.2, 0) is 10.2 Å². The SMILES string of the molecule is CNC(=O)c1cc(C(=O)N[C@@H]2C[C@H]2COC)cc2c1OCC2(C)c1ccccc1. The number of methoxy groups -OCH3 is 1. The van der Waals surface area contributed by atoms with Gasteiger partial charge in [-0.25, -0.2) is 0 Å². The Morgan fingerprint density at radius 2 is 1.97 bits per heavy atom. The molecule has 6 heteroatoms. The van der Waals surface area contributed by atoms with Crippen LogP contribution in [0.1, 0.15) is 45.2 Å². The number of nitrogens with one attached hydrogen (secondary N) is 2. The van der Waals surface area contributed by atoms with E-state index in [0.29, 0.717) is 36.0 Å². The van der Waals surface area contributed by atoms with E-state index in [9.17, 15) is 9.59 Å². The topological polar surface area (TPSA) is 76.7 Å². The van der Waals surface area contributed by atoms with Crippen molar-refractivity contribution in [3.63, 3.8) is 0 Å². The Balaban J connectivity index is 1.72. The molecule has 152 valence electrons. The maximum Gasteiger partial charge on any atom is 0.254 e. The van der Waals surface area contributed by atoms with Gasteiger partial charge in [-0.3, -0.25) is 9.59 Å². The van der Waals surface area contributed by atoms with Crippen LogP contribution < -0.4 is 15.4 Å². The third-order valence-electron chi connectivity index (χ3n) is 5.95. The average Bonchev–Trinajstić information content (AvgIpc) is 3.38. The van der Waals surface area contributed by atoms with Gasteiger partial charge in [-0.05, 0) is 31.0 Å². The normalized spacial score (nSPS) is 24.4. The predicted molar refractivity (Wildman–Crippen MR) is 109 cm³/mol. The molecule has 0 spiro atoms. The third-order valence-corrected chi connectivity index (χ3v) is 5.95. The molecule has 1 fully saturated rings. The first-order chi connectivity index (χ1) is 14.0. The first kappa shape index (κ1) is 19.5. The smallest absolute Gasteiger partial charge is 0.254 e. The van der Waals surface area contributed by atoms with E-state index in [4.69, 9.17) is 9.47 Å². The van der Waals surface area contributed by atoms with Crippen LogP contribution in [-0.4, -0.2) is 45.2 Å². The minimum absolute atomic E-state index is 0.121. The first-order valence-electron chi connectivity index (χ1n) is 9.86. The van der Waals surface area contributed by atoms with Crippen molar-refractivity contribution in [3.05, 3.63) is 64.7 Å². The van der Waals surface area contributed by atoms with Crippen molar-refractivity contribution >= 4 is 11.8 Å². The lowest BCUT2D eigenvalue weighted by atomic mass is 9.77. The molecule has 1 saturated carbocycles. The highest BCUT2D eigenvalue weighted by molar-refractivity contribution is 6.02. The van der Waals surface area contributed by atoms with Crippen molar-refractivity contribution in [2.75, 3.05) is 27.4 Å². The van der Waals surface area contributed by atoms with Gasteiger partial charge in [0.05, 0.1) is 17.6 Å². The number of hydrogen-bond acceptors (Lipinski definition) is 4. The molecular formula is C23H26N2O4. The minimum atomic E-state index is -0.437. The van der Waals surface area contributed by atoms with Crippen molar-refractivity contribution in [3.8, 4) is 5.75 Å². The number of ether oxygens (including phenoxy) is 2. The second-order valence-corrected chi connectivity index (χ2v) is 8.00. The zero-order valence-electron chi connectivity index (χ0n) is 17.0. The second kappa shape index (κ2) is 7.52. The minimum Gasteiger partial charge on any atom is -0.491 e. The number of amides is 2. The summed E-state index contributed by atoms with van der Waals surface area (Å²) in [7, 11) is 3.24. The van der Waals surface area contributed by atoms with E-state index >= 15 is 0 Å². The molecule has 2 N–H and O–H groups in total. The van der Waals surface area contributed by atoms with E-state index in [2.05, 4.69) is 17.6 Å². The number of hydrogen-bond donors (Lipinski definition) is 2. The fourth-order valence-electron chi connectivity index (χ4n) is 4.04. The number of fused-ring (bicyclic) bond motifs is 1. The van der Waals surface area contributed by atoms with Crippen LogP contribution in [0.25, 0.3) is 0 Å². The van der Waals surface area contributed by atoms with Crippen molar-refractivity contribution in [2.24, 2.45) is 5.92 Å². The van der Waals surface area contributed by atoms with Gasteiger partial charge < -0.3 is 20.1 Å². The molecule has 1 unspecified atom stereocenters. The lowest BCUT2D eigenvalue weighted by Gasteiger charge is -2.24. The summed E-state index contributed by atoms with van der Waals surface area (Å²) >= 11 is 0. The molecule has 1 heterocycles. The van der Waals surface area contributed by atoms with Crippen LogP contribution in [0.2, 0.25) is 0 Å². The molecule has 2 aliphatic rings. The summed E-state index contributed by atoms with van der Waals surface area (Å²) in [5.41, 5.74) is 2.37. The van der Waals surface area contributed by atoms with Gasteiger partial charge >= 0.3 is 0 Å². The van der Waals surface area contributed by atoms with Gasteiger partial charge in [0, 0.05) is 37.2 Å². The number of rotatable bonds is 6. The zero-order chi connectivity index (χ0) is 20.6. The molecule has 1 aliphatic carbocycles. The summed E-state index contributed by atoms with van der Waals surface area (Å²) in [6.45, 7) is 3.14. The molecule has 6 nitrogen and oxygen atoms in total. The Morgan fingerprint density at radius 3 is 2.66 bits per heavy atom. The monoisotopic (exact) mass is 394 g/mol. The van der Waals surface area contributed by atoms with E-state index in [-0.39, 0.29) is 17.9 Å². The molecule has 2 aromatic rings. The Labute approximate surface area is 170 Å². The highest BCUT2D eigenvalue weighted by Crippen LogP contribution is 2.45. The molecule has 0 saturated heterocycles. The standard InChI is InChI=1S/C23H26N2O4/c1-23(16-7-5-4-6-8-16)13-29-20-17(22(27)24-2)9-14(10-18(20)23)21(26)25-19-11-15(19)12-28-3/h4-10,15,19H,11-13H2,1-3H3,(H,24,27)(H,25,26)/t15-,19+,23?/m0/s1. The summed E-state index contributed by atoms with van der Waals surface area (Å²) in [5.74, 6) is 0.464. The molecule has 2 aromatic carbocycles. The van der Waals surface area contributed by atoms with Crippen LogP contribution in [0.3, 0.4) is 0 Å². The molecule has 1 aliphatic heterocycles. The Hall–Kier alpha value is -2.86. The van der Waals surface area contributed by atoms with E-state index in [1.807, 2.05) is 36.4 Å². The fourth-order valence-corrected chi connectivity index (χ4v) is 4.04. The van der Waals surface area contributed by atoms with Crippen LogP contribution in [0, 0.1) is 5.92 Å². The van der Waals surface area contributed by atoms with Gasteiger partial charge in [-0.15, -0.1) is 0 Å². The quantitative estimate of drug-likeness (QED) is 0.789. The van der Waals surface area contributed by atoms with Crippen LogP contribution in [0.4, 0.5) is 0 Å². The third kappa shape index (κ3) is 3.49. The molecule has 3 atom stereocenters. The summed E-state index contributed by atoms with van der Waals surface area (Å²) in [4.78, 5) is 25.5. The van der Waals surface area contributed by atoms with Crippen LogP contribution in [0.5, 0.6) is 5.75 Å². The van der Waals surface area contributed by atoms with Gasteiger partial charge in [0.1, 0.15) is 12.4 Å². The molecule has 2 amide bonds. The second-order valence-electron chi connectivity index (χ2n) is 8.00. The summed E-state index contributed by atoms with van der Waals surface area (Å²) in [5, 5.41) is 5.71. The van der Waals surface area contributed by atoms with Gasteiger partial charge in [0.25, 0.3) is 11.8 Å². The molecule has 0 aromatic heterocycles. The number of carbonyl (C=O) groups is 2. The van der Waals surface area contributed by atoms with E-state index in [0.717, 1.165) is 17.5 Å². The Bertz CT molecular complexity index is 943. The summed E-state index contributed by atoms with van der Waals surface area (Å²) in [6, 6.07) is 13.6. The van der Waals surface area contributed by atoms with E-state index < -0.39 is 5.41 Å². The molecule has 0 radical (unpaired) electrons. The highest BCUT2D eigenvalue weighted by Gasteiger charge is 2.42. The van der Waals surface area contributed by atoms with Crippen molar-refractivity contribution < 1.29 is 19.1 Å². The molecular weight excluding hydrogens is 368 g/mol. The van der Waals surface area contributed by atoms with Crippen molar-refractivity contribution in [1.82, 2.24) is 10.6 Å². The average molecular weight is 394 g/mol. The van der Waals surface area contributed by atoms with E-state index in [1.165, 1.54) is 0 Å². The predicted octanol–water partition coefficient (Wildman–Crippen LogP) is 2.51. The molecule has 0 bridgehead atoms. The zero-order valence-corrected chi connectivity index (χ0v) is 17.0. The number of carbonyl (C=O) groups excluding carboxylic acids is 2. The largest absolute Gasteiger partial charge is 0.491 e. The Morgan fingerprint density at radius 1 is 1.21 bits per heavy atom. The van der Waals surface area contributed by atoms with Crippen molar-refractivity contribution in [1.29, 1.82) is 0 Å². The van der Waals surface area contributed by atoms with Crippen molar-refractivity contribution in [2.45, 2.75) is 24.8 Å². The van der Waals surface area contributed by atoms with Gasteiger partial charge in [0.15, 0.2) is 0 Å². The fraction of sp³-hybridized carbons (Fsp3) is 0.391. The van der Waals surface area contributed by atoms with Crippen LogP contribution in [0.15, 0.2) is 42.5 Å². The molecule has 4 rings (SSSR count). The maximum atomic E-state index is 12.9. The van der Waals surface area contributed by atoms with Crippen LogP contribution >= 0.6 is 0 Å². The lowest BCUT2D eigenvalue weighted by Crippen LogP contribution is -2.29. The number of benzene rings is 2. The van der Waals surface area contributed by atoms with Gasteiger partial charge in [0.2, 0.25) is 0 Å². The Kier molecular flexibility index (Phi) is 5.04. The first-order valence-corrected chi connectivity index (χ1v) is 9.86. The van der Waals surface area contributed by atoms with E-state index in [1.54, 1.807) is 20.2 Å².